The minimum atomic E-state index is -4.69. The molecule has 4 aromatic heterocycles. The molecule has 2 aliphatic rings. The first-order valence-electron chi connectivity index (χ1n) is 16.9. The number of unbranched alkanes of at least 4 members (excludes halogenated alkanes) is 1. The van der Waals surface area contributed by atoms with Crippen LogP contribution >= 0.6 is 0 Å². The predicted octanol–water partition coefficient (Wildman–Crippen LogP) is 7.92. The number of hydrogen-bond donors (Lipinski definition) is 1. The van der Waals surface area contributed by atoms with Gasteiger partial charge in [-0.2, -0.15) is 36.7 Å². The van der Waals surface area contributed by atoms with Crippen LogP contribution < -0.4 is 5.32 Å². The molecule has 1 N–H and O–H groups in total. The van der Waals surface area contributed by atoms with Crippen molar-refractivity contribution < 1.29 is 26.3 Å². The van der Waals surface area contributed by atoms with Gasteiger partial charge in [-0.1, -0.05) is 6.42 Å². The van der Waals surface area contributed by atoms with E-state index in [4.69, 9.17) is 5.26 Å². The second-order valence-electron chi connectivity index (χ2n) is 13.5. The first-order chi connectivity index (χ1) is 24.8. The maximum absolute atomic E-state index is 14.3. The molecule has 270 valence electrons. The molecule has 5 aromatic rings. The molecule has 5 heterocycles. The zero-order valence-corrected chi connectivity index (χ0v) is 28.1. The average molecular weight is 721 g/mol. The number of anilines is 1. The minimum Gasteiger partial charge on any atom is -0.370 e. The van der Waals surface area contributed by atoms with Crippen LogP contribution in [-0.4, -0.2) is 59.0 Å². The van der Waals surface area contributed by atoms with Crippen LogP contribution in [0.25, 0.3) is 39.6 Å². The summed E-state index contributed by atoms with van der Waals surface area (Å²) >= 11 is 0. The lowest BCUT2D eigenvalue weighted by Gasteiger charge is -2.38. The highest BCUT2D eigenvalue weighted by Gasteiger charge is 2.43. The fourth-order valence-electron chi connectivity index (χ4n) is 7.03. The van der Waals surface area contributed by atoms with E-state index < -0.39 is 23.5 Å². The molecule has 0 amide bonds. The van der Waals surface area contributed by atoms with E-state index >= 15 is 0 Å². The number of halogens is 6. The van der Waals surface area contributed by atoms with E-state index in [2.05, 4.69) is 41.5 Å². The quantitative estimate of drug-likeness (QED) is 0.114. The first-order valence-corrected chi connectivity index (χ1v) is 16.9. The lowest BCUT2D eigenvalue weighted by molar-refractivity contribution is -0.138. The lowest BCUT2D eigenvalue weighted by atomic mass is 9.68. The summed E-state index contributed by atoms with van der Waals surface area (Å²) in [6.45, 7) is 2.53. The van der Waals surface area contributed by atoms with Gasteiger partial charge in [0.05, 0.1) is 34.8 Å². The Morgan fingerprint density at radius 3 is 2.44 bits per heavy atom. The maximum atomic E-state index is 14.3. The molecular weight excluding hydrogens is 686 g/mol. The van der Waals surface area contributed by atoms with E-state index in [1.165, 1.54) is 60.9 Å². The predicted molar refractivity (Wildman–Crippen MR) is 180 cm³/mol. The molecule has 1 saturated heterocycles. The average Bonchev–Trinajstić information content (AvgIpc) is 3.86. The third-order valence-electron chi connectivity index (χ3n) is 9.86. The molecule has 1 aliphatic carbocycles. The normalized spacial score (nSPS) is 15.9. The Balaban J connectivity index is 1.29. The van der Waals surface area contributed by atoms with E-state index in [1.54, 1.807) is 17.7 Å². The highest BCUT2D eigenvalue weighted by Crippen LogP contribution is 2.48. The van der Waals surface area contributed by atoms with Crippen molar-refractivity contribution >= 4 is 5.82 Å². The van der Waals surface area contributed by atoms with Gasteiger partial charge < -0.3 is 9.88 Å². The van der Waals surface area contributed by atoms with Crippen molar-refractivity contribution in [3.63, 3.8) is 0 Å². The molecule has 16 heteroatoms. The summed E-state index contributed by atoms with van der Waals surface area (Å²) in [7, 11) is 1.66. The number of aryl methyl sites for hydroxylation is 1. The van der Waals surface area contributed by atoms with Gasteiger partial charge in [-0.25, -0.2) is 9.67 Å². The van der Waals surface area contributed by atoms with Crippen LogP contribution in [0.4, 0.5) is 32.2 Å². The molecule has 0 unspecified atom stereocenters. The molecule has 1 saturated carbocycles. The zero-order chi connectivity index (χ0) is 36.7. The van der Waals surface area contributed by atoms with Gasteiger partial charge in [0.15, 0.2) is 11.6 Å². The summed E-state index contributed by atoms with van der Waals surface area (Å²) < 4.78 is 87.7. The van der Waals surface area contributed by atoms with Gasteiger partial charge in [0.2, 0.25) is 0 Å². The Labute approximate surface area is 295 Å². The van der Waals surface area contributed by atoms with Crippen LogP contribution in [0.5, 0.6) is 0 Å². The first kappa shape index (κ1) is 35.1. The minimum absolute atomic E-state index is 0.0978. The van der Waals surface area contributed by atoms with E-state index in [-0.39, 0.29) is 34.9 Å². The lowest BCUT2D eigenvalue weighted by Crippen LogP contribution is -2.33. The molecule has 0 radical (unpaired) electrons. The molecule has 0 atom stereocenters. The van der Waals surface area contributed by atoms with Gasteiger partial charge in [0.1, 0.15) is 12.1 Å². The van der Waals surface area contributed by atoms with Crippen molar-refractivity contribution in [1.82, 2.24) is 39.4 Å². The summed E-state index contributed by atoms with van der Waals surface area (Å²) in [4.78, 5) is 11.3. The van der Waals surface area contributed by atoms with Crippen LogP contribution in [0, 0.1) is 16.7 Å². The van der Waals surface area contributed by atoms with Crippen LogP contribution in [0.1, 0.15) is 55.3 Å². The Kier molecular flexibility index (Phi) is 9.24. The van der Waals surface area contributed by atoms with E-state index in [0.717, 1.165) is 37.7 Å². The molecule has 7 rings (SSSR count). The van der Waals surface area contributed by atoms with Gasteiger partial charge in [0, 0.05) is 50.4 Å². The van der Waals surface area contributed by atoms with Gasteiger partial charge in [-0.15, -0.1) is 10.2 Å². The number of aromatic nitrogens is 7. The molecular formula is C36H34F6N10. The van der Waals surface area contributed by atoms with Crippen molar-refractivity contribution in [2.24, 2.45) is 12.5 Å². The van der Waals surface area contributed by atoms with Crippen molar-refractivity contribution in [1.29, 1.82) is 5.26 Å². The van der Waals surface area contributed by atoms with Crippen LogP contribution in [-0.2, 0) is 25.9 Å². The number of pyridine rings is 2. The second-order valence-corrected chi connectivity index (χ2v) is 13.5. The molecule has 52 heavy (non-hydrogen) atoms. The molecule has 1 aromatic carbocycles. The molecule has 2 fully saturated rings. The van der Waals surface area contributed by atoms with Gasteiger partial charge in [0.25, 0.3) is 0 Å². The number of hydrogen-bond acceptors (Lipinski definition) is 8. The molecule has 1 spiro atoms. The fraction of sp³-hybridized carbons (Fsp3) is 0.389. The van der Waals surface area contributed by atoms with Crippen molar-refractivity contribution in [2.45, 2.75) is 57.4 Å². The Bertz CT molecular complexity index is 2120. The number of nitriles is 1. The van der Waals surface area contributed by atoms with Crippen LogP contribution in [0.2, 0.25) is 0 Å². The summed E-state index contributed by atoms with van der Waals surface area (Å²) in [5.41, 5.74) is -0.310. The third-order valence-corrected chi connectivity index (χ3v) is 9.86. The van der Waals surface area contributed by atoms with Gasteiger partial charge in [-0.05, 0) is 91.2 Å². The topological polar surface area (TPSA) is 113 Å². The number of benzene rings is 1. The van der Waals surface area contributed by atoms with Crippen molar-refractivity contribution in [3.8, 4) is 45.7 Å². The van der Waals surface area contributed by atoms with Gasteiger partial charge >= 0.3 is 12.4 Å². The van der Waals surface area contributed by atoms with Crippen LogP contribution in [0.3, 0.4) is 0 Å². The SMILES string of the molecule is Cn1cnnc1-c1ccc(C(F)(F)F)cc1-c1cc(NCCCC#N)nc(-n2cc(-c3nc(CN4CCC5(CCC5)C4)ccc3C(F)(F)F)cn2)c1. The van der Waals surface area contributed by atoms with Crippen molar-refractivity contribution in [2.75, 3.05) is 25.0 Å². The Morgan fingerprint density at radius 1 is 0.942 bits per heavy atom. The number of rotatable bonds is 10. The van der Waals surface area contributed by atoms with Gasteiger partial charge in [-0.3, -0.25) is 9.88 Å². The summed E-state index contributed by atoms with van der Waals surface area (Å²) in [5.74, 6) is 0.699. The monoisotopic (exact) mass is 720 g/mol. The smallest absolute Gasteiger partial charge is 0.370 e. The highest BCUT2D eigenvalue weighted by atomic mass is 19.4. The number of likely N-dealkylation sites (tertiary alicyclic amines) is 1. The van der Waals surface area contributed by atoms with Crippen LogP contribution in [0.15, 0.2) is 61.2 Å². The van der Waals surface area contributed by atoms with E-state index in [9.17, 15) is 26.3 Å². The van der Waals surface area contributed by atoms with E-state index in [1.807, 2.05) is 0 Å². The highest BCUT2D eigenvalue weighted by molar-refractivity contribution is 5.83. The summed E-state index contributed by atoms with van der Waals surface area (Å²) in [6, 6.07) is 10.9. The maximum Gasteiger partial charge on any atom is 0.418 e. The van der Waals surface area contributed by atoms with E-state index in [0.29, 0.717) is 47.6 Å². The molecule has 0 bridgehead atoms. The summed E-state index contributed by atoms with van der Waals surface area (Å²) in [6.07, 6.45) is 0.105. The number of nitrogens with one attached hydrogen (secondary N) is 1. The molecule has 1 aliphatic heterocycles. The third kappa shape index (κ3) is 7.22. The largest absolute Gasteiger partial charge is 0.418 e. The van der Waals surface area contributed by atoms with Crippen molar-refractivity contribution in [3.05, 3.63) is 78.0 Å². The molecule has 10 nitrogen and oxygen atoms in total. The number of nitrogens with zero attached hydrogens (tertiary/aromatic N) is 9. The summed E-state index contributed by atoms with van der Waals surface area (Å²) in [5, 5.41) is 24.4. The zero-order valence-electron chi connectivity index (χ0n) is 28.1. The standard InChI is InChI=1S/C36H34F6N10/c1-50-22-45-49-33(50)27-7-5-25(35(37,38)39)17-28(27)23-15-30(44-13-3-2-12-43)48-31(16-23)52-19-24(18-46-52)32-29(36(40,41)42)8-6-26(47-32)20-51-14-11-34(21-51)9-4-10-34/h5-8,15-19,22H,2-4,9-11,13-14,20-21H2,1H3,(H,44,48). The Morgan fingerprint density at radius 2 is 1.77 bits per heavy atom. The number of alkyl halides is 6. The Hall–Kier alpha value is -5.30. The fourth-order valence-corrected chi connectivity index (χ4v) is 7.03. The second kappa shape index (κ2) is 13.7.